The normalized spacial score (nSPS) is 15.4. The van der Waals surface area contributed by atoms with Crippen LogP contribution in [0.1, 0.15) is 49.9 Å². The molecule has 35 heavy (non-hydrogen) atoms. The first-order valence-corrected chi connectivity index (χ1v) is 12.8. The van der Waals surface area contributed by atoms with E-state index in [-0.39, 0.29) is 37.2 Å². The van der Waals surface area contributed by atoms with Crippen molar-refractivity contribution in [3.8, 4) is 0 Å². The van der Waals surface area contributed by atoms with E-state index in [1.165, 1.54) is 0 Å². The summed E-state index contributed by atoms with van der Waals surface area (Å²) in [5.74, 6) is -0.856. The second-order valence-corrected chi connectivity index (χ2v) is 8.88. The largest absolute Gasteiger partial charge is 0.464 e. The third-order valence-electron chi connectivity index (χ3n) is 6.13. The van der Waals surface area contributed by atoms with E-state index in [0.717, 1.165) is 39.0 Å². The maximum Gasteiger partial charge on any atom is 0.305 e. The van der Waals surface area contributed by atoms with Crippen molar-refractivity contribution in [1.29, 1.82) is 0 Å². The molecular weight excluding hydrogens is 448 g/mol. The molecule has 9 heteroatoms. The summed E-state index contributed by atoms with van der Waals surface area (Å²) in [7, 11) is 0. The number of esters is 1. The van der Waals surface area contributed by atoms with Gasteiger partial charge in [-0.25, -0.2) is 0 Å². The number of nitrogens with one attached hydrogen (secondary N) is 1. The number of hydrogen-bond acceptors (Lipinski definition) is 7. The van der Waals surface area contributed by atoms with Gasteiger partial charge in [-0.05, 0) is 31.4 Å². The Balaban J connectivity index is 1.86. The minimum atomic E-state index is -0.784. The summed E-state index contributed by atoms with van der Waals surface area (Å²) in [5.41, 5.74) is 0.476. The van der Waals surface area contributed by atoms with Gasteiger partial charge in [-0.3, -0.25) is 24.2 Å². The lowest BCUT2D eigenvalue weighted by Gasteiger charge is -2.34. The molecule has 0 aliphatic carbocycles. The van der Waals surface area contributed by atoms with Crippen molar-refractivity contribution in [3.63, 3.8) is 0 Å². The third-order valence-corrected chi connectivity index (χ3v) is 6.13. The number of benzene rings is 1. The van der Waals surface area contributed by atoms with Crippen molar-refractivity contribution >= 4 is 17.8 Å². The van der Waals surface area contributed by atoms with Crippen LogP contribution >= 0.6 is 0 Å². The van der Waals surface area contributed by atoms with E-state index in [4.69, 9.17) is 9.84 Å². The molecule has 0 spiro atoms. The third kappa shape index (κ3) is 10.3. The molecule has 1 aliphatic rings. The fraction of sp³-hybridized carbons (Fsp3) is 0.654. The lowest BCUT2D eigenvalue weighted by Crippen LogP contribution is -2.49. The monoisotopic (exact) mass is 490 g/mol. The Morgan fingerprint density at radius 2 is 1.60 bits per heavy atom. The number of rotatable bonds is 15. The first-order chi connectivity index (χ1) is 17.0. The molecule has 9 nitrogen and oxygen atoms in total. The predicted octanol–water partition coefficient (Wildman–Crippen LogP) is 1.37. The van der Waals surface area contributed by atoms with Gasteiger partial charge < -0.3 is 20.1 Å². The Kier molecular flexibility index (Phi) is 13.3. The van der Waals surface area contributed by atoms with Gasteiger partial charge in [-0.2, -0.15) is 0 Å². The fourth-order valence-corrected chi connectivity index (χ4v) is 4.18. The smallest absolute Gasteiger partial charge is 0.305 e. The standard InChI is InChI=1S/C26H42N4O5/c1-3-12-30(13-4-2)26(34)23(27-25(33)22-8-6-5-7-9-22)10-11-24(32)35-21-19-29-16-14-28(15-17-29)18-20-31/h5-9,23,31H,3-4,10-21H2,1-2H3,(H,27,33). The van der Waals surface area contributed by atoms with E-state index >= 15 is 0 Å². The molecule has 2 rings (SSSR count). The van der Waals surface area contributed by atoms with Crippen LogP contribution in [0.5, 0.6) is 0 Å². The summed E-state index contributed by atoms with van der Waals surface area (Å²) >= 11 is 0. The average Bonchev–Trinajstić information content (AvgIpc) is 2.87. The van der Waals surface area contributed by atoms with Crippen molar-refractivity contribution < 1.29 is 24.2 Å². The number of aliphatic hydroxyl groups is 1. The van der Waals surface area contributed by atoms with E-state index in [9.17, 15) is 14.4 Å². The molecule has 0 saturated carbocycles. The minimum Gasteiger partial charge on any atom is -0.464 e. The molecule has 1 heterocycles. The summed E-state index contributed by atoms with van der Waals surface area (Å²) in [6.07, 6.45) is 1.89. The molecule has 0 aromatic heterocycles. The van der Waals surface area contributed by atoms with E-state index in [1.54, 1.807) is 29.2 Å². The summed E-state index contributed by atoms with van der Waals surface area (Å²) < 4.78 is 5.42. The number of carbonyl (C=O) groups excluding carboxylic acids is 3. The molecule has 1 saturated heterocycles. The zero-order valence-corrected chi connectivity index (χ0v) is 21.3. The summed E-state index contributed by atoms with van der Waals surface area (Å²) in [6, 6.07) is 7.99. The average molecular weight is 491 g/mol. The summed E-state index contributed by atoms with van der Waals surface area (Å²) in [4.78, 5) is 44.6. The van der Waals surface area contributed by atoms with E-state index in [1.807, 2.05) is 19.9 Å². The lowest BCUT2D eigenvalue weighted by molar-refractivity contribution is -0.144. The van der Waals surface area contributed by atoms with Gasteiger partial charge in [0.05, 0.1) is 6.61 Å². The van der Waals surface area contributed by atoms with Crippen LogP contribution in [-0.2, 0) is 14.3 Å². The van der Waals surface area contributed by atoms with Crippen LogP contribution in [0.4, 0.5) is 0 Å². The molecule has 2 amide bonds. The van der Waals surface area contributed by atoms with Gasteiger partial charge in [0.25, 0.3) is 5.91 Å². The molecule has 1 unspecified atom stereocenters. The number of carbonyl (C=O) groups is 3. The topological polar surface area (TPSA) is 102 Å². The van der Waals surface area contributed by atoms with Gasteiger partial charge in [0, 0.05) is 64.3 Å². The Labute approximate surface area is 209 Å². The van der Waals surface area contributed by atoms with E-state index in [0.29, 0.717) is 38.3 Å². The first-order valence-electron chi connectivity index (χ1n) is 12.8. The molecule has 1 atom stereocenters. The number of β-amino-alcohol motifs (C(OH)–C–C–N with tert-alkyl or cyclic N) is 1. The molecule has 1 aliphatic heterocycles. The molecule has 196 valence electrons. The number of hydrogen-bond donors (Lipinski definition) is 2. The van der Waals surface area contributed by atoms with Gasteiger partial charge >= 0.3 is 5.97 Å². The molecule has 0 bridgehead atoms. The number of ether oxygens (including phenoxy) is 1. The number of aliphatic hydroxyl groups excluding tert-OH is 1. The van der Waals surface area contributed by atoms with E-state index in [2.05, 4.69) is 15.1 Å². The fourth-order valence-electron chi connectivity index (χ4n) is 4.18. The molecular formula is C26H42N4O5. The Morgan fingerprint density at radius 3 is 2.17 bits per heavy atom. The quantitative estimate of drug-likeness (QED) is 0.358. The van der Waals surface area contributed by atoms with Gasteiger partial charge in [0.2, 0.25) is 5.91 Å². The van der Waals surface area contributed by atoms with Crippen molar-refractivity contribution in [2.75, 3.05) is 65.6 Å². The van der Waals surface area contributed by atoms with Gasteiger partial charge in [-0.15, -0.1) is 0 Å². The molecule has 1 aromatic carbocycles. The maximum atomic E-state index is 13.2. The Morgan fingerprint density at radius 1 is 1.00 bits per heavy atom. The minimum absolute atomic E-state index is 0.0574. The second-order valence-electron chi connectivity index (χ2n) is 8.88. The first kappa shape index (κ1) is 28.7. The SMILES string of the molecule is CCCN(CCC)C(=O)C(CCC(=O)OCCN1CCN(CCO)CC1)NC(=O)c1ccccc1. The predicted molar refractivity (Wildman–Crippen MR) is 135 cm³/mol. The molecule has 1 aromatic rings. The summed E-state index contributed by atoms with van der Waals surface area (Å²) in [5, 5.41) is 11.9. The highest BCUT2D eigenvalue weighted by molar-refractivity contribution is 5.97. The maximum absolute atomic E-state index is 13.2. The molecule has 1 fully saturated rings. The van der Waals surface area contributed by atoms with Gasteiger partial charge in [0.1, 0.15) is 12.6 Å². The number of piperazine rings is 1. The van der Waals surface area contributed by atoms with Crippen LogP contribution in [0.2, 0.25) is 0 Å². The van der Waals surface area contributed by atoms with Crippen molar-refractivity contribution in [3.05, 3.63) is 35.9 Å². The zero-order chi connectivity index (χ0) is 25.5. The highest BCUT2D eigenvalue weighted by atomic mass is 16.5. The highest BCUT2D eigenvalue weighted by Crippen LogP contribution is 2.09. The number of nitrogens with zero attached hydrogens (tertiary/aromatic N) is 3. The lowest BCUT2D eigenvalue weighted by atomic mass is 10.1. The summed E-state index contributed by atoms with van der Waals surface area (Å²) in [6.45, 7) is 10.6. The van der Waals surface area contributed by atoms with Gasteiger partial charge in [-0.1, -0.05) is 32.0 Å². The van der Waals surface area contributed by atoms with Crippen molar-refractivity contribution in [2.24, 2.45) is 0 Å². The zero-order valence-electron chi connectivity index (χ0n) is 21.3. The van der Waals surface area contributed by atoms with Crippen molar-refractivity contribution in [1.82, 2.24) is 20.0 Å². The number of amides is 2. The Hall–Kier alpha value is -2.49. The van der Waals surface area contributed by atoms with Crippen LogP contribution in [0.3, 0.4) is 0 Å². The second kappa shape index (κ2) is 16.2. The van der Waals surface area contributed by atoms with Crippen LogP contribution < -0.4 is 5.32 Å². The molecule has 2 N–H and O–H groups in total. The molecule has 0 radical (unpaired) electrons. The van der Waals surface area contributed by atoms with Crippen LogP contribution in [0.25, 0.3) is 0 Å². The Bertz CT molecular complexity index is 762. The highest BCUT2D eigenvalue weighted by Gasteiger charge is 2.27. The van der Waals surface area contributed by atoms with Crippen LogP contribution in [0, 0.1) is 0 Å². The van der Waals surface area contributed by atoms with Crippen LogP contribution in [-0.4, -0.2) is 109 Å². The van der Waals surface area contributed by atoms with Crippen molar-refractivity contribution in [2.45, 2.75) is 45.6 Å². The van der Waals surface area contributed by atoms with Crippen LogP contribution in [0.15, 0.2) is 30.3 Å². The van der Waals surface area contributed by atoms with E-state index < -0.39 is 6.04 Å². The van der Waals surface area contributed by atoms with Gasteiger partial charge in [0.15, 0.2) is 0 Å².